The molecule has 2 N–H and O–H groups in total. The lowest BCUT2D eigenvalue weighted by molar-refractivity contribution is -0.140. The van der Waals surface area contributed by atoms with E-state index in [9.17, 15) is 27.5 Å². The van der Waals surface area contributed by atoms with Crippen LogP contribution < -0.4 is 5.32 Å². The maximum Gasteiger partial charge on any atom is 0.419 e. The predicted molar refractivity (Wildman–Crippen MR) is 121 cm³/mol. The molecule has 1 fully saturated rings. The van der Waals surface area contributed by atoms with Crippen LogP contribution in [0.3, 0.4) is 0 Å². The minimum Gasteiger partial charge on any atom is -0.396 e. The molecule has 4 rings (SSSR count). The number of aliphatic hydroxyl groups excluding tert-OH is 1. The van der Waals surface area contributed by atoms with Gasteiger partial charge in [0.05, 0.1) is 12.1 Å². The van der Waals surface area contributed by atoms with Crippen molar-refractivity contribution in [1.29, 1.82) is 0 Å². The van der Waals surface area contributed by atoms with E-state index in [1.54, 1.807) is 13.0 Å². The lowest BCUT2D eigenvalue weighted by Crippen LogP contribution is -2.24. The third-order valence-corrected chi connectivity index (χ3v) is 6.33. The molecule has 2 aromatic heterocycles. The third-order valence-electron chi connectivity index (χ3n) is 6.33. The van der Waals surface area contributed by atoms with Crippen molar-refractivity contribution in [3.8, 4) is 11.4 Å². The smallest absolute Gasteiger partial charge is 0.396 e. The molecular formula is C24H26F4N6O2. The summed E-state index contributed by atoms with van der Waals surface area (Å²) < 4.78 is 52.3. The first kappa shape index (κ1) is 25.7. The number of tetrazole rings is 1. The molecule has 0 radical (unpaired) electrons. The van der Waals surface area contributed by atoms with E-state index < -0.39 is 23.5 Å². The van der Waals surface area contributed by atoms with Gasteiger partial charge in [-0.2, -0.15) is 18.0 Å². The molecule has 36 heavy (non-hydrogen) atoms. The van der Waals surface area contributed by atoms with Gasteiger partial charge in [-0.15, -0.1) is 10.2 Å². The number of carbonyl (C=O) groups excluding carboxylic acids is 1. The Hall–Kier alpha value is -3.41. The molecule has 192 valence electrons. The van der Waals surface area contributed by atoms with Crippen LogP contribution in [0.4, 0.5) is 17.6 Å². The maximum absolute atomic E-state index is 13.5. The summed E-state index contributed by atoms with van der Waals surface area (Å²) in [5.41, 5.74) is -0.188. The van der Waals surface area contributed by atoms with Crippen molar-refractivity contribution >= 4 is 5.91 Å². The summed E-state index contributed by atoms with van der Waals surface area (Å²) in [5.74, 6) is -0.891. The van der Waals surface area contributed by atoms with Gasteiger partial charge in [-0.1, -0.05) is 6.07 Å². The molecule has 0 bridgehead atoms. The van der Waals surface area contributed by atoms with Crippen LogP contribution in [0.2, 0.25) is 0 Å². The Bertz CT molecular complexity index is 1220. The minimum atomic E-state index is -4.83. The van der Waals surface area contributed by atoms with E-state index in [2.05, 4.69) is 25.7 Å². The molecule has 0 saturated heterocycles. The molecule has 1 aliphatic rings. The number of aliphatic hydroxyl groups is 1. The molecule has 12 heteroatoms. The Labute approximate surface area is 204 Å². The quantitative estimate of drug-likeness (QED) is 0.471. The number of halogens is 4. The largest absolute Gasteiger partial charge is 0.419 e. The summed E-state index contributed by atoms with van der Waals surface area (Å²) in [5, 5.41) is 24.5. The van der Waals surface area contributed by atoms with Crippen LogP contribution in [-0.4, -0.2) is 42.8 Å². The second kappa shape index (κ2) is 10.7. The van der Waals surface area contributed by atoms with Crippen molar-refractivity contribution in [2.75, 3.05) is 6.61 Å². The van der Waals surface area contributed by atoms with Gasteiger partial charge < -0.3 is 10.4 Å². The number of hydrogen-bond acceptors (Lipinski definition) is 6. The van der Waals surface area contributed by atoms with Gasteiger partial charge in [0.1, 0.15) is 11.5 Å². The zero-order chi connectivity index (χ0) is 25.9. The van der Waals surface area contributed by atoms with Crippen molar-refractivity contribution < 1.29 is 27.5 Å². The van der Waals surface area contributed by atoms with Crippen LogP contribution in [0, 0.1) is 24.6 Å². The van der Waals surface area contributed by atoms with E-state index in [1.165, 1.54) is 16.9 Å². The average Bonchev–Trinajstić information content (AvgIpc) is 3.31. The highest BCUT2D eigenvalue weighted by atomic mass is 19.4. The monoisotopic (exact) mass is 506 g/mol. The number of benzene rings is 1. The first-order valence-corrected chi connectivity index (χ1v) is 11.6. The topological polar surface area (TPSA) is 106 Å². The van der Waals surface area contributed by atoms with Crippen LogP contribution in [0.25, 0.3) is 11.4 Å². The van der Waals surface area contributed by atoms with Gasteiger partial charge in [-0.25, -0.2) is 9.37 Å². The van der Waals surface area contributed by atoms with Gasteiger partial charge in [0, 0.05) is 24.4 Å². The maximum atomic E-state index is 13.5. The van der Waals surface area contributed by atoms with Crippen molar-refractivity contribution in [1.82, 2.24) is 30.5 Å². The zero-order valence-corrected chi connectivity index (χ0v) is 19.6. The number of hydrogen-bond donors (Lipinski definition) is 2. The summed E-state index contributed by atoms with van der Waals surface area (Å²) in [7, 11) is 0. The van der Waals surface area contributed by atoms with Gasteiger partial charge in [-0.05, 0) is 79.5 Å². The number of alkyl halides is 3. The molecule has 0 aliphatic heterocycles. The van der Waals surface area contributed by atoms with Crippen LogP contribution >= 0.6 is 0 Å². The molecule has 1 aliphatic carbocycles. The zero-order valence-electron chi connectivity index (χ0n) is 19.6. The number of nitrogens with zero attached hydrogens (tertiary/aromatic N) is 5. The number of carbonyl (C=O) groups is 1. The number of amides is 1. The van der Waals surface area contributed by atoms with Crippen LogP contribution in [0.5, 0.6) is 0 Å². The van der Waals surface area contributed by atoms with Crippen LogP contribution in [0.1, 0.15) is 53.0 Å². The Balaban J connectivity index is 1.42. The van der Waals surface area contributed by atoms with Gasteiger partial charge >= 0.3 is 6.18 Å². The normalized spacial score (nSPS) is 18.3. The van der Waals surface area contributed by atoms with Crippen molar-refractivity contribution in [2.45, 2.75) is 51.9 Å². The Kier molecular flexibility index (Phi) is 7.62. The van der Waals surface area contributed by atoms with Crippen molar-refractivity contribution in [3.05, 3.63) is 58.7 Å². The highest BCUT2D eigenvalue weighted by Crippen LogP contribution is 2.32. The fraction of sp³-hybridized carbons (Fsp3) is 0.458. The minimum absolute atomic E-state index is 0.0434. The molecule has 0 atom stereocenters. The van der Waals surface area contributed by atoms with E-state index in [0.29, 0.717) is 41.5 Å². The molecule has 2 heterocycles. The highest BCUT2D eigenvalue weighted by molar-refractivity contribution is 5.93. The lowest BCUT2D eigenvalue weighted by Gasteiger charge is -2.26. The van der Waals surface area contributed by atoms with E-state index in [1.807, 2.05) is 0 Å². The van der Waals surface area contributed by atoms with Gasteiger partial charge in [0.25, 0.3) is 5.91 Å². The third kappa shape index (κ3) is 6.23. The SMILES string of the molecule is Cc1cc(-c2nnn(CC3CCC(CO)CC3)n2)cc(C(=O)NCc2ccc(F)c(C(F)(F)F)c2)n1. The second-order valence-electron chi connectivity index (χ2n) is 9.11. The Morgan fingerprint density at radius 1 is 1.14 bits per heavy atom. The molecule has 8 nitrogen and oxygen atoms in total. The summed E-state index contributed by atoms with van der Waals surface area (Å²) in [6.07, 6.45) is -0.917. The molecule has 1 aromatic carbocycles. The fourth-order valence-corrected chi connectivity index (χ4v) is 4.35. The number of pyridine rings is 1. The van der Waals surface area contributed by atoms with Crippen molar-refractivity contribution in [3.63, 3.8) is 0 Å². The molecule has 0 spiro atoms. The van der Waals surface area contributed by atoms with E-state index >= 15 is 0 Å². The summed E-state index contributed by atoms with van der Waals surface area (Å²) >= 11 is 0. The number of nitrogens with one attached hydrogen (secondary N) is 1. The first-order valence-electron chi connectivity index (χ1n) is 11.6. The van der Waals surface area contributed by atoms with E-state index in [4.69, 9.17) is 0 Å². The number of aromatic nitrogens is 5. The highest BCUT2D eigenvalue weighted by Gasteiger charge is 2.34. The van der Waals surface area contributed by atoms with Gasteiger partial charge in [0.15, 0.2) is 0 Å². The van der Waals surface area contributed by atoms with E-state index in [0.717, 1.165) is 31.7 Å². The number of aryl methyl sites for hydroxylation is 1. The second-order valence-corrected chi connectivity index (χ2v) is 9.11. The molecule has 1 saturated carbocycles. The summed E-state index contributed by atoms with van der Waals surface area (Å²) in [4.78, 5) is 18.4. The summed E-state index contributed by atoms with van der Waals surface area (Å²) in [6, 6.07) is 5.77. The van der Waals surface area contributed by atoms with Gasteiger partial charge in [-0.3, -0.25) is 4.79 Å². The lowest BCUT2D eigenvalue weighted by atomic mass is 9.82. The van der Waals surface area contributed by atoms with Crippen LogP contribution in [-0.2, 0) is 19.3 Å². The standard InChI is InChI=1S/C24H26F4N6O2/c1-14-8-18(22-31-33-34(32-22)12-15-2-4-16(13-35)5-3-15)10-21(30-14)23(36)29-11-17-6-7-20(25)19(9-17)24(26,27)28/h6-10,15-16,35H,2-5,11-13H2,1H3,(H,29,36). The molecule has 1 amide bonds. The van der Waals surface area contributed by atoms with Gasteiger partial charge in [0.2, 0.25) is 5.82 Å². The van der Waals surface area contributed by atoms with Crippen molar-refractivity contribution in [2.24, 2.45) is 11.8 Å². The molecular weight excluding hydrogens is 480 g/mol. The Morgan fingerprint density at radius 3 is 2.56 bits per heavy atom. The van der Waals surface area contributed by atoms with Crippen LogP contribution in [0.15, 0.2) is 30.3 Å². The fourth-order valence-electron chi connectivity index (χ4n) is 4.35. The first-order chi connectivity index (χ1) is 17.1. The average molecular weight is 507 g/mol. The summed E-state index contributed by atoms with van der Waals surface area (Å²) in [6.45, 7) is 2.29. The molecule has 3 aromatic rings. The van der Waals surface area contributed by atoms with E-state index in [-0.39, 0.29) is 24.4 Å². The molecule has 0 unspecified atom stereocenters. The number of rotatable bonds is 7. The Morgan fingerprint density at radius 2 is 1.86 bits per heavy atom. The predicted octanol–water partition coefficient (Wildman–Crippen LogP) is 3.93.